The van der Waals surface area contributed by atoms with Gasteiger partial charge >= 0.3 is 0 Å². The normalized spacial score (nSPS) is 12.0. The first-order valence-electron chi connectivity index (χ1n) is 10.8. The number of hydrogen-bond acceptors (Lipinski definition) is 5. The van der Waals surface area contributed by atoms with Crippen molar-refractivity contribution in [3.8, 4) is 0 Å². The number of aliphatic imine (C=N–C) groups is 1. The SMILES string of the molecule is CCNC(=NCc1ccc(CS(=O)(=O)NC(C)C)cc1)NCc1c(CC)noc1CC.I. The zero-order chi connectivity index (χ0) is 22.9. The number of nitrogens with one attached hydrogen (secondary N) is 3. The molecule has 8 nitrogen and oxygen atoms in total. The highest BCUT2D eigenvalue weighted by Gasteiger charge is 2.14. The molecule has 10 heteroatoms. The maximum Gasteiger partial charge on any atom is 0.216 e. The molecule has 0 saturated heterocycles. The number of rotatable bonds is 11. The number of hydrogen-bond donors (Lipinski definition) is 3. The number of halogens is 1. The van der Waals surface area contributed by atoms with Gasteiger partial charge in [0.15, 0.2) is 5.96 Å². The fourth-order valence-electron chi connectivity index (χ4n) is 3.18. The third-order valence-electron chi connectivity index (χ3n) is 4.60. The molecule has 0 aliphatic heterocycles. The minimum Gasteiger partial charge on any atom is -0.361 e. The van der Waals surface area contributed by atoms with Gasteiger partial charge in [-0.1, -0.05) is 43.3 Å². The summed E-state index contributed by atoms with van der Waals surface area (Å²) < 4.78 is 32.2. The monoisotopic (exact) mass is 577 g/mol. The highest BCUT2D eigenvalue weighted by Crippen LogP contribution is 2.15. The van der Waals surface area contributed by atoms with E-state index in [1.54, 1.807) is 0 Å². The van der Waals surface area contributed by atoms with Crippen LogP contribution < -0.4 is 15.4 Å². The minimum atomic E-state index is -3.33. The van der Waals surface area contributed by atoms with Crippen LogP contribution in [-0.2, 0) is 41.7 Å². The number of nitrogens with zero attached hydrogens (tertiary/aromatic N) is 2. The van der Waals surface area contributed by atoms with Crippen LogP contribution in [0, 0.1) is 0 Å². The van der Waals surface area contributed by atoms with E-state index in [2.05, 4.69) is 39.4 Å². The molecule has 0 bridgehead atoms. The molecule has 0 aliphatic rings. The number of benzene rings is 1. The fraction of sp³-hybridized carbons (Fsp3) is 0.545. The second kappa shape index (κ2) is 13.8. The largest absolute Gasteiger partial charge is 0.361 e. The molecular weight excluding hydrogens is 541 g/mol. The molecular formula is C22H36IN5O3S. The van der Waals surface area contributed by atoms with Crippen molar-refractivity contribution in [2.24, 2.45) is 4.99 Å². The Morgan fingerprint density at radius 1 is 1.06 bits per heavy atom. The van der Waals surface area contributed by atoms with E-state index in [1.165, 1.54) is 0 Å². The van der Waals surface area contributed by atoms with Gasteiger partial charge in [0.05, 0.1) is 18.0 Å². The third kappa shape index (κ3) is 9.07. The lowest BCUT2D eigenvalue weighted by atomic mass is 10.1. The van der Waals surface area contributed by atoms with Crippen LogP contribution in [-0.4, -0.2) is 32.1 Å². The summed E-state index contributed by atoms with van der Waals surface area (Å²) in [6, 6.07) is 7.39. The zero-order valence-corrected chi connectivity index (χ0v) is 22.7. The van der Waals surface area contributed by atoms with E-state index in [4.69, 9.17) is 4.52 Å². The number of guanidine groups is 1. The standard InChI is InChI=1S/C22H35N5O3S.HI/c1-6-20-19(21(7-2)30-26-20)14-25-22(23-8-3)24-13-17-9-11-18(12-10-17)15-31(28,29)27-16(4)5;/h9-12,16,27H,6-8,13-15H2,1-5H3,(H2,23,24,25);1H. The van der Waals surface area contributed by atoms with E-state index in [1.807, 2.05) is 45.0 Å². The van der Waals surface area contributed by atoms with E-state index in [-0.39, 0.29) is 35.8 Å². The Kier molecular flexibility index (Phi) is 12.2. The van der Waals surface area contributed by atoms with Crippen molar-refractivity contribution < 1.29 is 12.9 Å². The summed E-state index contributed by atoms with van der Waals surface area (Å²) in [5, 5.41) is 10.8. The molecule has 3 N–H and O–H groups in total. The van der Waals surface area contributed by atoms with E-state index < -0.39 is 10.0 Å². The van der Waals surface area contributed by atoms with Gasteiger partial charge in [0.25, 0.3) is 0 Å². The highest BCUT2D eigenvalue weighted by molar-refractivity contribution is 14.0. The van der Waals surface area contributed by atoms with Crippen LogP contribution >= 0.6 is 24.0 Å². The van der Waals surface area contributed by atoms with Gasteiger partial charge in [0.1, 0.15) is 5.76 Å². The Morgan fingerprint density at radius 3 is 2.28 bits per heavy atom. The maximum atomic E-state index is 12.1. The summed E-state index contributed by atoms with van der Waals surface area (Å²) in [5.41, 5.74) is 3.81. The number of sulfonamides is 1. The van der Waals surface area contributed by atoms with Gasteiger partial charge in [-0.2, -0.15) is 0 Å². The lowest BCUT2D eigenvalue weighted by molar-refractivity contribution is 0.380. The van der Waals surface area contributed by atoms with Crippen LogP contribution in [0.5, 0.6) is 0 Å². The van der Waals surface area contributed by atoms with E-state index in [9.17, 15) is 8.42 Å². The first kappa shape index (κ1) is 28.4. The molecule has 180 valence electrons. The van der Waals surface area contributed by atoms with Crippen molar-refractivity contribution in [1.82, 2.24) is 20.5 Å². The van der Waals surface area contributed by atoms with Crippen LogP contribution in [0.1, 0.15) is 62.8 Å². The molecule has 0 fully saturated rings. The molecule has 0 unspecified atom stereocenters. The molecule has 2 rings (SSSR count). The molecule has 0 spiro atoms. The molecule has 0 atom stereocenters. The van der Waals surface area contributed by atoms with Crippen LogP contribution in [0.3, 0.4) is 0 Å². The van der Waals surface area contributed by atoms with Gasteiger partial charge in [-0.25, -0.2) is 18.1 Å². The summed E-state index contributed by atoms with van der Waals surface area (Å²) in [4.78, 5) is 4.65. The summed E-state index contributed by atoms with van der Waals surface area (Å²) in [6.45, 7) is 11.6. The highest BCUT2D eigenvalue weighted by atomic mass is 127. The summed E-state index contributed by atoms with van der Waals surface area (Å²) in [5.74, 6) is 1.58. The molecule has 1 aromatic carbocycles. The molecule has 0 radical (unpaired) electrons. The van der Waals surface area contributed by atoms with Crippen LogP contribution in [0.25, 0.3) is 0 Å². The van der Waals surface area contributed by atoms with Gasteiger partial charge in [0.2, 0.25) is 10.0 Å². The molecule has 32 heavy (non-hydrogen) atoms. The Bertz CT molecular complexity index is 935. The number of aromatic nitrogens is 1. The Morgan fingerprint density at radius 2 is 1.72 bits per heavy atom. The lowest BCUT2D eigenvalue weighted by Crippen LogP contribution is -2.37. The van der Waals surface area contributed by atoms with Crippen LogP contribution in [0.4, 0.5) is 0 Å². The molecule has 0 saturated carbocycles. The van der Waals surface area contributed by atoms with E-state index in [0.717, 1.165) is 47.5 Å². The minimum absolute atomic E-state index is 0. The van der Waals surface area contributed by atoms with Crippen molar-refractivity contribution >= 4 is 40.0 Å². The topological polar surface area (TPSA) is 109 Å². The summed E-state index contributed by atoms with van der Waals surface area (Å²) in [7, 11) is -3.33. The predicted molar refractivity (Wildman–Crippen MR) is 140 cm³/mol. The van der Waals surface area contributed by atoms with Gasteiger partial charge in [-0.05, 0) is 38.3 Å². The summed E-state index contributed by atoms with van der Waals surface area (Å²) in [6.07, 6.45) is 1.62. The average Bonchev–Trinajstić information content (AvgIpc) is 3.11. The predicted octanol–water partition coefficient (Wildman–Crippen LogP) is 3.50. The van der Waals surface area contributed by atoms with Crippen molar-refractivity contribution in [3.05, 3.63) is 52.4 Å². The van der Waals surface area contributed by atoms with Gasteiger partial charge in [-0.15, -0.1) is 24.0 Å². The Hall–Kier alpha value is -1.66. The second-order valence-electron chi connectivity index (χ2n) is 7.63. The molecule has 1 heterocycles. The first-order chi connectivity index (χ1) is 14.8. The van der Waals surface area contributed by atoms with Gasteiger partial charge in [-0.3, -0.25) is 0 Å². The van der Waals surface area contributed by atoms with Crippen molar-refractivity contribution in [2.45, 2.75) is 72.3 Å². The molecule has 2 aromatic rings. The van der Waals surface area contributed by atoms with Crippen LogP contribution in [0.15, 0.2) is 33.8 Å². The van der Waals surface area contributed by atoms with Gasteiger partial charge in [0, 0.05) is 31.1 Å². The second-order valence-corrected chi connectivity index (χ2v) is 9.39. The fourth-order valence-corrected chi connectivity index (χ4v) is 4.62. The smallest absolute Gasteiger partial charge is 0.216 e. The van der Waals surface area contributed by atoms with E-state index in [0.29, 0.717) is 19.0 Å². The molecule has 0 amide bonds. The van der Waals surface area contributed by atoms with Crippen molar-refractivity contribution in [1.29, 1.82) is 0 Å². The van der Waals surface area contributed by atoms with E-state index >= 15 is 0 Å². The van der Waals surface area contributed by atoms with Crippen molar-refractivity contribution in [2.75, 3.05) is 6.54 Å². The summed E-state index contributed by atoms with van der Waals surface area (Å²) >= 11 is 0. The Balaban J connectivity index is 0.00000512. The number of aryl methyl sites for hydroxylation is 2. The quantitative estimate of drug-likeness (QED) is 0.214. The molecule has 1 aromatic heterocycles. The lowest BCUT2D eigenvalue weighted by Gasteiger charge is -2.12. The average molecular weight is 578 g/mol. The van der Waals surface area contributed by atoms with Gasteiger partial charge < -0.3 is 15.2 Å². The zero-order valence-electron chi connectivity index (χ0n) is 19.6. The molecule has 0 aliphatic carbocycles. The maximum absolute atomic E-state index is 12.1. The van der Waals surface area contributed by atoms with Crippen molar-refractivity contribution in [3.63, 3.8) is 0 Å². The third-order valence-corrected chi connectivity index (χ3v) is 6.14. The first-order valence-corrected chi connectivity index (χ1v) is 12.5. The Labute approximate surface area is 209 Å². The van der Waals surface area contributed by atoms with Crippen LogP contribution in [0.2, 0.25) is 0 Å².